The Morgan fingerprint density at radius 1 is 1.03 bits per heavy atom. The summed E-state index contributed by atoms with van der Waals surface area (Å²) in [6, 6.07) is 12.7. The topological polar surface area (TPSA) is 113 Å². The molecule has 4 amide bonds. The fourth-order valence-electron chi connectivity index (χ4n) is 5.45. The number of fused-ring (bicyclic) bond motifs is 2. The van der Waals surface area contributed by atoms with E-state index < -0.39 is 23.8 Å². The van der Waals surface area contributed by atoms with E-state index in [-0.39, 0.29) is 29.9 Å². The van der Waals surface area contributed by atoms with Gasteiger partial charge in [-0.3, -0.25) is 34.1 Å². The number of hydrogen-bond donors (Lipinski definition) is 2. The summed E-state index contributed by atoms with van der Waals surface area (Å²) >= 11 is 0. The van der Waals surface area contributed by atoms with Crippen molar-refractivity contribution in [2.45, 2.75) is 44.7 Å². The van der Waals surface area contributed by atoms with Crippen LogP contribution < -0.4 is 10.6 Å². The number of nitrogens with zero attached hydrogens (tertiary/aromatic N) is 3. The number of hydrogen-bond acceptors (Lipinski definition) is 6. The lowest BCUT2D eigenvalue weighted by molar-refractivity contribution is -0.136. The summed E-state index contributed by atoms with van der Waals surface area (Å²) in [5.74, 6) is -1.49. The number of aryl methyl sites for hydroxylation is 1. The van der Waals surface area contributed by atoms with Crippen molar-refractivity contribution in [3.63, 3.8) is 0 Å². The lowest BCUT2D eigenvalue weighted by atomic mass is 9.80. The van der Waals surface area contributed by atoms with Crippen LogP contribution in [0.5, 0.6) is 0 Å². The number of piperidine rings is 1. The summed E-state index contributed by atoms with van der Waals surface area (Å²) in [5.41, 5.74) is 3.55. The summed E-state index contributed by atoms with van der Waals surface area (Å²) in [4.78, 5) is 50.5. The van der Waals surface area contributed by atoms with Gasteiger partial charge in [0.1, 0.15) is 6.04 Å². The number of imide groups is 2. The van der Waals surface area contributed by atoms with Crippen molar-refractivity contribution in [3.8, 4) is 0 Å². The van der Waals surface area contributed by atoms with Crippen molar-refractivity contribution in [2.24, 2.45) is 5.92 Å². The second-order valence-electron chi connectivity index (χ2n) is 9.63. The Kier molecular flexibility index (Phi) is 4.94. The molecule has 6 rings (SSSR count). The molecule has 1 atom stereocenters. The smallest absolute Gasteiger partial charge is 0.262 e. The first-order chi connectivity index (χ1) is 16.9. The zero-order valence-electron chi connectivity index (χ0n) is 19.3. The van der Waals surface area contributed by atoms with Gasteiger partial charge in [0, 0.05) is 29.7 Å². The van der Waals surface area contributed by atoms with Gasteiger partial charge in [-0.05, 0) is 56.4 Å². The van der Waals surface area contributed by atoms with Gasteiger partial charge in [0.25, 0.3) is 11.8 Å². The van der Waals surface area contributed by atoms with E-state index >= 15 is 0 Å². The lowest BCUT2D eigenvalue weighted by Gasteiger charge is -2.36. The lowest BCUT2D eigenvalue weighted by Crippen LogP contribution is -2.54. The summed E-state index contributed by atoms with van der Waals surface area (Å²) in [5, 5.41) is 11.6. The molecule has 3 aliphatic rings. The molecule has 35 heavy (non-hydrogen) atoms. The monoisotopic (exact) mass is 471 g/mol. The molecule has 0 spiro atoms. The van der Waals surface area contributed by atoms with Crippen molar-refractivity contribution < 1.29 is 19.2 Å². The Bertz CT molecular complexity index is 1400. The molecule has 178 valence electrons. The summed E-state index contributed by atoms with van der Waals surface area (Å²) in [6.07, 6.45) is 2.30. The molecule has 0 radical (unpaired) electrons. The quantitative estimate of drug-likeness (QED) is 0.554. The zero-order chi connectivity index (χ0) is 24.3. The molecule has 1 saturated heterocycles. The second kappa shape index (κ2) is 8.04. The number of aromatic nitrogens is 2. The van der Waals surface area contributed by atoms with Gasteiger partial charge in [0.05, 0.1) is 22.7 Å². The van der Waals surface area contributed by atoms with Crippen molar-refractivity contribution >= 4 is 40.2 Å². The largest absolute Gasteiger partial charge is 0.385 e. The highest BCUT2D eigenvalue weighted by atomic mass is 16.2. The van der Waals surface area contributed by atoms with Crippen LogP contribution in [0.1, 0.15) is 58.1 Å². The van der Waals surface area contributed by atoms with Crippen molar-refractivity contribution in [1.29, 1.82) is 0 Å². The van der Waals surface area contributed by atoms with E-state index in [1.807, 2.05) is 18.2 Å². The molecule has 9 nitrogen and oxygen atoms in total. The molecule has 1 saturated carbocycles. The van der Waals surface area contributed by atoms with Crippen LogP contribution in [0, 0.1) is 12.8 Å². The van der Waals surface area contributed by atoms with Crippen LogP contribution in [0.15, 0.2) is 42.5 Å². The van der Waals surface area contributed by atoms with Gasteiger partial charge in [-0.2, -0.15) is 5.10 Å². The molecular formula is C26H25N5O4. The molecule has 2 aliphatic heterocycles. The first-order valence-electron chi connectivity index (χ1n) is 11.9. The molecule has 1 aliphatic carbocycles. The number of nitrogens with one attached hydrogen (secondary N) is 2. The summed E-state index contributed by atoms with van der Waals surface area (Å²) in [6.45, 7) is 2.87. The van der Waals surface area contributed by atoms with Gasteiger partial charge in [-0.15, -0.1) is 0 Å². The normalized spacial score (nSPS) is 23.9. The Balaban J connectivity index is 1.10. The fraction of sp³-hybridized carbons (Fsp3) is 0.346. The van der Waals surface area contributed by atoms with Crippen LogP contribution in [0.2, 0.25) is 0 Å². The van der Waals surface area contributed by atoms with Gasteiger partial charge < -0.3 is 5.32 Å². The minimum atomic E-state index is -0.953. The van der Waals surface area contributed by atoms with E-state index in [1.54, 1.807) is 18.2 Å². The second-order valence-corrected chi connectivity index (χ2v) is 9.63. The number of carbonyl (C=O) groups is 4. The van der Waals surface area contributed by atoms with Crippen LogP contribution in [-0.2, 0) is 9.59 Å². The molecule has 1 unspecified atom stereocenters. The third-order valence-electron chi connectivity index (χ3n) is 7.44. The van der Waals surface area contributed by atoms with Crippen molar-refractivity contribution in [3.05, 3.63) is 59.3 Å². The minimum Gasteiger partial charge on any atom is -0.385 e. The van der Waals surface area contributed by atoms with E-state index in [0.29, 0.717) is 12.0 Å². The SMILES string of the molecule is Cc1c2ccccc2nn1[C@H]1C[C@H](CNc2ccc3c(c2)C(=O)N(C2CCC(=O)NC2=O)C3=O)C1. The van der Waals surface area contributed by atoms with E-state index in [0.717, 1.165) is 35.5 Å². The van der Waals surface area contributed by atoms with E-state index in [9.17, 15) is 19.2 Å². The number of anilines is 1. The van der Waals surface area contributed by atoms with Crippen LogP contribution in [0.4, 0.5) is 5.69 Å². The number of carbonyl (C=O) groups excluding carboxylic acids is 4. The van der Waals surface area contributed by atoms with Gasteiger partial charge in [0.15, 0.2) is 0 Å². The molecule has 2 aromatic carbocycles. The zero-order valence-corrected chi connectivity index (χ0v) is 19.3. The maximum Gasteiger partial charge on any atom is 0.262 e. The highest BCUT2D eigenvalue weighted by Crippen LogP contribution is 2.39. The Hall–Kier alpha value is -4.01. The van der Waals surface area contributed by atoms with Crippen LogP contribution in [0.3, 0.4) is 0 Å². The third-order valence-corrected chi connectivity index (χ3v) is 7.44. The highest BCUT2D eigenvalue weighted by molar-refractivity contribution is 6.23. The van der Waals surface area contributed by atoms with Gasteiger partial charge in [-0.1, -0.05) is 18.2 Å². The standard InChI is InChI=1S/C26H25N5O4/c1-14-18-4-2-3-5-21(18)29-31(14)17-10-15(11-17)13-27-16-6-7-19-20(12-16)26(35)30(25(19)34)22-8-9-23(32)28-24(22)33/h2-7,12,15,17,22,27H,8-11,13H2,1H3,(H,28,32,33)/t15-,17-,22?. The molecule has 1 aromatic heterocycles. The van der Waals surface area contributed by atoms with E-state index in [4.69, 9.17) is 5.10 Å². The van der Waals surface area contributed by atoms with Crippen molar-refractivity contribution in [2.75, 3.05) is 11.9 Å². The van der Waals surface area contributed by atoms with Gasteiger partial charge >= 0.3 is 0 Å². The first kappa shape index (κ1) is 21.5. The maximum atomic E-state index is 13.0. The maximum absolute atomic E-state index is 13.0. The van der Waals surface area contributed by atoms with Crippen molar-refractivity contribution in [1.82, 2.24) is 20.0 Å². The highest BCUT2D eigenvalue weighted by Gasteiger charge is 2.44. The minimum absolute atomic E-state index is 0.104. The van der Waals surface area contributed by atoms with E-state index in [1.165, 1.54) is 11.1 Å². The predicted molar refractivity (Wildman–Crippen MR) is 128 cm³/mol. The average molecular weight is 472 g/mol. The molecular weight excluding hydrogens is 446 g/mol. The summed E-state index contributed by atoms with van der Waals surface area (Å²) in [7, 11) is 0. The Morgan fingerprint density at radius 3 is 2.57 bits per heavy atom. The molecule has 2 fully saturated rings. The Labute approximate surface area is 201 Å². The number of benzene rings is 2. The van der Waals surface area contributed by atoms with Gasteiger partial charge in [0.2, 0.25) is 11.8 Å². The molecule has 2 N–H and O–H groups in total. The summed E-state index contributed by atoms with van der Waals surface area (Å²) < 4.78 is 2.14. The first-order valence-corrected chi connectivity index (χ1v) is 11.9. The molecule has 0 bridgehead atoms. The fourth-order valence-corrected chi connectivity index (χ4v) is 5.45. The predicted octanol–water partition coefficient (Wildman–Crippen LogP) is 2.81. The van der Waals surface area contributed by atoms with Gasteiger partial charge in [-0.25, -0.2) is 0 Å². The van der Waals surface area contributed by atoms with Crippen LogP contribution >= 0.6 is 0 Å². The number of rotatable bonds is 5. The third kappa shape index (κ3) is 3.50. The molecule has 9 heteroatoms. The van der Waals surface area contributed by atoms with Crippen LogP contribution in [-0.4, -0.2) is 50.9 Å². The van der Waals surface area contributed by atoms with E-state index in [2.05, 4.69) is 28.3 Å². The molecule has 3 aromatic rings. The molecule has 3 heterocycles. The van der Waals surface area contributed by atoms with Crippen LogP contribution in [0.25, 0.3) is 10.9 Å². The Morgan fingerprint density at radius 2 is 1.80 bits per heavy atom. The number of amides is 4. The average Bonchev–Trinajstić information content (AvgIpc) is 3.27.